The highest BCUT2D eigenvalue weighted by Crippen LogP contribution is 2.40. The molecule has 2 aliphatic rings. The smallest absolute Gasteiger partial charge is 0.347 e. The summed E-state index contributed by atoms with van der Waals surface area (Å²) in [7, 11) is -2.73. The normalized spacial score (nSPS) is 29.7. The molecule has 0 aromatic heterocycles. The second-order valence-electron chi connectivity index (χ2n) is 7.51. The zero-order chi connectivity index (χ0) is 18.6. The third kappa shape index (κ3) is 5.53. The fourth-order valence-electron chi connectivity index (χ4n) is 3.75. The lowest BCUT2D eigenvalue weighted by Gasteiger charge is -2.27. The van der Waals surface area contributed by atoms with Gasteiger partial charge in [-0.15, -0.1) is 0 Å². The van der Waals surface area contributed by atoms with Gasteiger partial charge in [-0.05, 0) is 38.5 Å². The third-order valence-electron chi connectivity index (χ3n) is 5.39. The minimum Gasteiger partial charge on any atom is -0.477 e. The van der Waals surface area contributed by atoms with Gasteiger partial charge < -0.3 is 14.6 Å². The van der Waals surface area contributed by atoms with Crippen molar-refractivity contribution in [1.82, 2.24) is 0 Å². The number of aliphatic carboxylic acids is 1. The van der Waals surface area contributed by atoms with E-state index in [1.165, 1.54) is 0 Å². The number of hydrogen-bond acceptors (Lipinski definition) is 5. The van der Waals surface area contributed by atoms with Crippen LogP contribution in [0.25, 0.3) is 0 Å². The standard InChI is InChI=1S/C18H30O6S/c1-4-6-12-14(23-12)8-10-18(3,16(17(19)20)25(21)22)11-9-15-13(24-15)7-5-2/h12-15H,4-11H2,1-3H3,(H,19,20). The summed E-state index contributed by atoms with van der Waals surface area (Å²) < 4.78 is 34.3. The number of ether oxygens (including phenoxy) is 2. The summed E-state index contributed by atoms with van der Waals surface area (Å²) in [6, 6.07) is 0. The fraction of sp³-hybridized carbons (Fsp3) is 0.889. The van der Waals surface area contributed by atoms with Crippen molar-refractivity contribution in [1.29, 1.82) is 0 Å². The predicted octanol–water partition coefficient (Wildman–Crippen LogP) is 2.82. The molecule has 0 radical (unpaired) electrons. The Morgan fingerprint density at radius 1 is 0.920 bits per heavy atom. The average molecular weight is 374 g/mol. The first-order valence-electron chi connectivity index (χ1n) is 9.33. The number of hydrogen-bond donors (Lipinski definition) is 1. The van der Waals surface area contributed by atoms with E-state index in [-0.39, 0.29) is 24.4 Å². The maximum absolute atomic E-state index is 11.6. The van der Waals surface area contributed by atoms with Crippen molar-refractivity contribution in [2.75, 3.05) is 0 Å². The Kier molecular flexibility index (Phi) is 7.05. The van der Waals surface area contributed by atoms with Gasteiger partial charge in [0.25, 0.3) is 0 Å². The maximum atomic E-state index is 11.6. The zero-order valence-electron chi connectivity index (χ0n) is 15.4. The molecule has 0 bridgehead atoms. The number of carboxylic acid groups (broad SMARTS) is 1. The van der Waals surface area contributed by atoms with Gasteiger partial charge in [0.15, 0.2) is 4.86 Å². The highest BCUT2D eigenvalue weighted by Gasteiger charge is 2.45. The summed E-state index contributed by atoms with van der Waals surface area (Å²) in [5.74, 6) is -1.35. The molecule has 25 heavy (non-hydrogen) atoms. The lowest BCUT2D eigenvalue weighted by molar-refractivity contribution is -0.129. The molecular weight excluding hydrogens is 344 g/mol. The molecule has 4 atom stereocenters. The molecule has 2 rings (SSSR count). The number of epoxide rings is 2. The molecule has 6 nitrogen and oxygen atoms in total. The van der Waals surface area contributed by atoms with Gasteiger partial charge in [-0.1, -0.05) is 33.6 Å². The van der Waals surface area contributed by atoms with E-state index in [9.17, 15) is 18.3 Å². The van der Waals surface area contributed by atoms with E-state index < -0.39 is 26.5 Å². The van der Waals surface area contributed by atoms with Crippen LogP contribution in [-0.4, -0.2) is 48.8 Å². The third-order valence-corrected chi connectivity index (χ3v) is 6.39. The molecule has 4 unspecified atom stereocenters. The molecule has 0 amide bonds. The Balaban J connectivity index is 2.00. The highest BCUT2D eigenvalue weighted by molar-refractivity contribution is 7.74. The highest BCUT2D eigenvalue weighted by atomic mass is 32.2. The van der Waals surface area contributed by atoms with Crippen molar-refractivity contribution >= 4 is 21.1 Å². The van der Waals surface area contributed by atoms with E-state index in [0.717, 1.165) is 25.7 Å². The van der Waals surface area contributed by atoms with Crippen LogP contribution in [0.4, 0.5) is 0 Å². The lowest BCUT2D eigenvalue weighted by Crippen LogP contribution is -2.35. The van der Waals surface area contributed by atoms with Gasteiger partial charge in [0.05, 0.1) is 24.4 Å². The van der Waals surface area contributed by atoms with Crippen LogP contribution in [0, 0.1) is 5.41 Å². The summed E-state index contributed by atoms with van der Waals surface area (Å²) in [4.78, 5) is 11.1. The zero-order valence-corrected chi connectivity index (χ0v) is 16.2. The SMILES string of the molecule is CCCC1OC1CCC(C)(CCC1OC1CCC)C(C(=O)O)=S(=O)=O. The summed E-state index contributed by atoms with van der Waals surface area (Å²) >= 11 is 0. The van der Waals surface area contributed by atoms with Crippen molar-refractivity contribution < 1.29 is 27.8 Å². The first-order chi connectivity index (χ1) is 11.8. The van der Waals surface area contributed by atoms with Crippen molar-refractivity contribution in [3.05, 3.63) is 0 Å². The molecule has 0 saturated carbocycles. The molecule has 2 fully saturated rings. The molecule has 2 aliphatic heterocycles. The molecular formula is C18H30O6S. The van der Waals surface area contributed by atoms with Crippen LogP contribution in [0.1, 0.15) is 72.1 Å². The van der Waals surface area contributed by atoms with Gasteiger partial charge in [-0.2, -0.15) is 8.42 Å². The first kappa shape index (κ1) is 20.4. The lowest BCUT2D eigenvalue weighted by atomic mass is 9.76. The summed E-state index contributed by atoms with van der Waals surface area (Å²) in [5.41, 5.74) is -0.885. The Labute approximate surface area is 151 Å². The van der Waals surface area contributed by atoms with Crippen LogP contribution >= 0.6 is 0 Å². The van der Waals surface area contributed by atoms with Crippen LogP contribution in [0.15, 0.2) is 0 Å². The largest absolute Gasteiger partial charge is 0.477 e. The molecule has 0 aliphatic carbocycles. The van der Waals surface area contributed by atoms with Gasteiger partial charge in [0.1, 0.15) is 0 Å². The van der Waals surface area contributed by atoms with E-state index in [4.69, 9.17) is 9.47 Å². The number of carbonyl (C=O) groups is 1. The Bertz CT molecular complexity index is 579. The molecule has 2 heterocycles. The topological polar surface area (TPSA) is 96.5 Å². The van der Waals surface area contributed by atoms with Gasteiger partial charge in [0, 0.05) is 5.41 Å². The van der Waals surface area contributed by atoms with Crippen molar-refractivity contribution in [3.8, 4) is 0 Å². The minimum atomic E-state index is -2.73. The Morgan fingerprint density at radius 2 is 1.32 bits per heavy atom. The Morgan fingerprint density at radius 3 is 1.64 bits per heavy atom. The second-order valence-corrected chi connectivity index (χ2v) is 8.39. The molecule has 2 saturated heterocycles. The number of rotatable bonds is 12. The molecule has 1 N–H and O–H groups in total. The van der Waals surface area contributed by atoms with E-state index in [2.05, 4.69) is 13.8 Å². The molecule has 144 valence electrons. The van der Waals surface area contributed by atoms with Gasteiger partial charge in [-0.3, -0.25) is 0 Å². The van der Waals surface area contributed by atoms with Crippen molar-refractivity contribution in [2.45, 2.75) is 96.6 Å². The monoisotopic (exact) mass is 374 g/mol. The van der Waals surface area contributed by atoms with E-state index in [1.807, 2.05) is 0 Å². The van der Waals surface area contributed by atoms with Crippen LogP contribution in [0.3, 0.4) is 0 Å². The van der Waals surface area contributed by atoms with Crippen LogP contribution < -0.4 is 0 Å². The molecule has 0 aromatic carbocycles. The van der Waals surface area contributed by atoms with Gasteiger partial charge in [0.2, 0.25) is 10.3 Å². The van der Waals surface area contributed by atoms with Crippen LogP contribution in [-0.2, 0) is 24.6 Å². The van der Waals surface area contributed by atoms with Crippen molar-refractivity contribution in [2.24, 2.45) is 5.41 Å². The van der Waals surface area contributed by atoms with Crippen LogP contribution in [0.5, 0.6) is 0 Å². The first-order valence-corrected chi connectivity index (χ1v) is 10.4. The Hall–Kier alpha value is -0.920. The average Bonchev–Trinajstić information content (AvgIpc) is 3.41. The van der Waals surface area contributed by atoms with E-state index in [0.29, 0.717) is 25.7 Å². The molecule has 7 heteroatoms. The second kappa shape index (κ2) is 8.64. The summed E-state index contributed by atoms with van der Waals surface area (Å²) in [6.45, 7) is 5.95. The van der Waals surface area contributed by atoms with Crippen molar-refractivity contribution in [3.63, 3.8) is 0 Å². The fourth-order valence-corrected chi connectivity index (χ4v) is 4.50. The predicted molar refractivity (Wildman–Crippen MR) is 95.3 cm³/mol. The maximum Gasteiger partial charge on any atom is 0.347 e. The number of carboxylic acids is 1. The minimum absolute atomic E-state index is 0.138. The van der Waals surface area contributed by atoms with Gasteiger partial charge >= 0.3 is 5.97 Å². The molecule has 0 spiro atoms. The van der Waals surface area contributed by atoms with E-state index >= 15 is 0 Å². The van der Waals surface area contributed by atoms with Crippen LogP contribution in [0.2, 0.25) is 0 Å². The van der Waals surface area contributed by atoms with E-state index in [1.54, 1.807) is 6.92 Å². The summed E-state index contributed by atoms with van der Waals surface area (Å²) in [6.07, 6.45) is 7.26. The quantitative estimate of drug-likeness (QED) is 0.417. The summed E-state index contributed by atoms with van der Waals surface area (Å²) in [5, 5.41) is 9.42. The molecule has 0 aromatic rings. The van der Waals surface area contributed by atoms with Gasteiger partial charge in [-0.25, -0.2) is 4.79 Å².